The zero-order chi connectivity index (χ0) is 11.3. The molecule has 3 heteroatoms. The van der Waals surface area contributed by atoms with Gasteiger partial charge in [0.05, 0.1) is 11.5 Å². The van der Waals surface area contributed by atoms with Crippen LogP contribution in [0, 0.1) is 0 Å². The number of hydrogen-bond donors (Lipinski definition) is 0. The van der Waals surface area contributed by atoms with Crippen molar-refractivity contribution >= 4 is 21.3 Å². The van der Waals surface area contributed by atoms with Gasteiger partial charge in [0, 0.05) is 0 Å². The Morgan fingerprint density at radius 1 is 1.27 bits per heavy atom. The first-order chi connectivity index (χ1) is 7.16. The second-order valence-corrected chi connectivity index (χ2v) is 5.27. The Kier molecular flexibility index (Phi) is 4.56. The molecule has 1 aromatic carbocycles. The molecule has 0 N–H and O–H groups in total. The van der Waals surface area contributed by atoms with Crippen molar-refractivity contribution in [2.45, 2.75) is 6.92 Å². The van der Waals surface area contributed by atoms with Crippen LogP contribution in [0.1, 0.15) is 12.5 Å². The fourth-order valence-electron chi connectivity index (χ4n) is 1.31. The Labute approximate surface area is 93.2 Å². The van der Waals surface area contributed by atoms with Gasteiger partial charge in [0.2, 0.25) is 0 Å². The van der Waals surface area contributed by atoms with Gasteiger partial charge in [-0.25, -0.2) is 4.79 Å². The van der Waals surface area contributed by atoms with Crippen molar-refractivity contribution in [3.63, 3.8) is 0 Å². The van der Waals surface area contributed by atoms with E-state index in [2.05, 4.69) is 0 Å². The maximum absolute atomic E-state index is 11.7. The molecular weight excluding hydrogens is 208 g/mol. The largest absolute Gasteiger partial charge is 0.462 e. The molecule has 0 unspecified atom stereocenters. The predicted octanol–water partition coefficient (Wildman–Crippen LogP) is 2.30. The molecule has 0 aromatic heterocycles. The van der Waals surface area contributed by atoms with Crippen LogP contribution in [0.25, 0.3) is 0 Å². The van der Waals surface area contributed by atoms with Crippen molar-refractivity contribution in [2.24, 2.45) is 0 Å². The second-order valence-electron chi connectivity index (χ2n) is 3.23. The fraction of sp³-hybridized carbons (Fsp3) is 0.333. The Bertz CT molecular complexity index is 364. The first-order valence-electron chi connectivity index (χ1n) is 4.84. The second kappa shape index (κ2) is 5.71. The molecule has 0 radical (unpaired) electrons. The van der Waals surface area contributed by atoms with Gasteiger partial charge >= 0.3 is 5.97 Å². The molecule has 0 aliphatic carbocycles. The molecule has 1 aromatic rings. The molecule has 0 spiro atoms. The van der Waals surface area contributed by atoms with Gasteiger partial charge in [-0.15, -0.1) is 0 Å². The summed E-state index contributed by atoms with van der Waals surface area (Å²) in [5, 5.41) is 0. The zero-order valence-electron chi connectivity index (χ0n) is 9.32. The molecule has 15 heavy (non-hydrogen) atoms. The molecule has 1 rings (SSSR count). The van der Waals surface area contributed by atoms with Crippen LogP contribution in [-0.2, 0) is 9.53 Å². The van der Waals surface area contributed by atoms with Gasteiger partial charge in [-0.05, 0) is 25.0 Å². The van der Waals surface area contributed by atoms with Crippen LogP contribution in [0.4, 0.5) is 0 Å². The molecule has 0 fully saturated rings. The van der Waals surface area contributed by atoms with E-state index in [9.17, 15) is 4.79 Å². The summed E-state index contributed by atoms with van der Waals surface area (Å²) in [4.78, 5) is 12.5. The lowest BCUT2D eigenvalue weighted by Crippen LogP contribution is -2.18. The summed E-state index contributed by atoms with van der Waals surface area (Å²) in [5.41, 5.74) is 0.962. The van der Waals surface area contributed by atoms with Crippen LogP contribution in [-0.4, -0.2) is 30.0 Å². The minimum atomic E-state index is -0.197. The fourth-order valence-corrected chi connectivity index (χ4v) is 2.31. The summed E-state index contributed by atoms with van der Waals surface area (Å²) in [6, 6.07) is 9.69. The van der Waals surface area contributed by atoms with E-state index in [0.717, 1.165) is 10.4 Å². The highest BCUT2D eigenvalue weighted by Crippen LogP contribution is 2.13. The lowest BCUT2D eigenvalue weighted by Gasteiger charge is -2.09. The Morgan fingerprint density at radius 3 is 2.33 bits per heavy atom. The van der Waals surface area contributed by atoms with Crippen LogP contribution in [0.3, 0.4) is 0 Å². The molecule has 0 aliphatic rings. The van der Waals surface area contributed by atoms with Gasteiger partial charge < -0.3 is 4.74 Å². The quantitative estimate of drug-likeness (QED) is 0.447. The maximum atomic E-state index is 11.7. The van der Waals surface area contributed by atoms with E-state index in [1.54, 1.807) is 0 Å². The van der Waals surface area contributed by atoms with Gasteiger partial charge in [0.1, 0.15) is 0 Å². The van der Waals surface area contributed by atoms with Crippen LogP contribution >= 0.6 is 10.5 Å². The third kappa shape index (κ3) is 3.20. The van der Waals surface area contributed by atoms with E-state index in [1.165, 1.54) is 0 Å². The van der Waals surface area contributed by atoms with Crippen molar-refractivity contribution in [3.8, 4) is 0 Å². The number of ether oxygens (including phenoxy) is 1. The third-order valence-corrected chi connectivity index (χ3v) is 3.12. The lowest BCUT2D eigenvalue weighted by atomic mass is 10.1. The minimum Gasteiger partial charge on any atom is -0.462 e. The monoisotopic (exact) mass is 224 g/mol. The normalized spacial score (nSPS) is 10.1. The molecule has 0 atom stereocenters. The summed E-state index contributed by atoms with van der Waals surface area (Å²) in [5.74, 6) is -0.197. The topological polar surface area (TPSA) is 26.3 Å². The molecule has 2 nitrogen and oxygen atoms in total. The molecule has 0 amide bonds. The minimum absolute atomic E-state index is 0.0938. The van der Waals surface area contributed by atoms with E-state index < -0.39 is 0 Å². The molecule has 0 aliphatic heterocycles. The van der Waals surface area contributed by atoms with Crippen molar-refractivity contribution in [3.05, 3.63) is 35.9 Å². The van der Waals surface area contributed by atoms with Crippen LogP contribution in [0.2, 0.25) is 0 Å². The van der Waals surface area contributed by atoms with Gasteiger partial charge in [0.15, 0.2) is 0 Å². The molecule has 0 saturated heterocycles. The molecule has 0 heterocycles. The Balaban J connectivity index is 3.06. The summed E-state index contributed by atoms with van der Waals surface area (Å²) in [6.45, 7) is 2.25. The van der Waals surface area contributed by atoms with Crippen LogP contribution < -0.4 is 0 Å². The average molecular weight is 224 g/mol. The number of benzene rings is 1. The van der Waals surface area contributed by atoms with Gasteiger partial charge in [0.25, 0.3) is 0 Å². The van der Waals surface area contributed by atoms with Crippen molar-refractivity contribution in [1.82, 2.24) is 0 Å². The number of hydrogen-bond acceptors (Lipinski definition) is 2. The molecule has 0 bridgehead atoms. The summed E-state index contributed by atoms with van der Waals surface area (Å²) in [7, 11) is -0.0938. The summed E-state index contributed by atoms with van der Waals surface area (Å²) < 4.78 is 5.05. The van der Waals surface area contributed by atoms with E-state index in [-0.39, 0.29) is 16.5 Å². The highest BCUT2D eigenvalue weighted by atomic mass is 32.2. The first kappa shape index (κ1) is 12.0. The summed E-state index contributed by atoms with van der Waals surface area (Å²) >= 11 is 0. The highest BCUT2D eigenvalue weighted by Gasteiger charge is 2.13. The molecule has 0 saturated carbocycles. The predicted molar refractivity (Wildman–Crippen MR) is 66.6 cm³/mol. The number of esters is 1. The summed E-state index contributed by atoms with van der Waals surface area (Å²) in [6.07, 6.45) is 4.05. The van der Waals surface area contributed by atoms with Gasteiger partial charge in [-0.3, -0.25) is 0 Å². The van der Waals surface area contributed by atoms with Crippen LogP contribution in [0.15, 0.2) is 30.3 Å². The zero-order valence-corrected chi connectivity index (χ0v) is 10.1. The van der Waals surface area contributed by atoms with Crippen molar-refractivity contribution in [2.75, 3.05) is 19.1 Å². The third-order valence-electron chi connectivity index (χ3n) is 1.91. The van der Waals surface area contributed by atoms with E-state index in [0.29, 0.717) is 6.61 Å². The van der Waals surface area contributed by atoms with Gasteiger partial charge in [-0.2, -0.15) is 10.5 Å². The highest BCUT2D eigenvalue weighted by molar-refractivity contribution is 8.16. The van der Waals surface area contributed by atoms with E-state index >= 15 is 0 Å². The van der Waals surface area contributed by atoms with E-state index in [1.807, 2.05) is 49.8 Å². The number of carbonyl (C=O) groups excluding carboxylic acids is 1. The smallest absolute Gasteiger partial charge is 0.344 e. The average Bonchev–Trinajstić information content (AvgIpc) is 2.19. The van der Waals surface area contributed by atoms with E-state index in [4.69, 9.17) is 4.74 Å². The number of rotatable bonds is 3. The maximum Gasteiger partial charge on any atom is 0.344 e. The number of carbonyl (C=O) groups is 1. The first-order valence-corrected chi connectivity index (χ1v) is 6.88. The molecule has 82 valence electrons. The van der Waals surface area contributed by atoms with Crippen molar-refractivity contribution < 1.29 is 9.53 Å². The Hall–Kier alpha value is -1.09. The van der Waals surface area contributed by atoms with Crippen molar-refractivity contribution in [1.29, 1.82) is 0 Å². The molecular formula is C12H16O2S. The Morgan fingerprint density at radius 2 is 1.87 bits per heavy atom. The lowest BCUT2D eigenvalue weighted by molar-refractivity contribution is -0.134. The standard InChI is InChI=1S/C12H16O2S/c1-4-14-12(13)11(15(2)3)10-8-6-5-7-9-10/h5-9H,4H2,1-3H3. The SMILES string of the molecule is CCOC(=O)C(c1ccccc1)=S(C)C. The van der Waals surface area contributed by atoms with Gasteiger partial charge in [-0.1, -0.05) is 30.3 Å². The van der Waals surface area contributed by atoms with Crippen LogP contribution in [0.5, 0.6) is 0 Å².